The topological polar surface area (TPSA) is 58.2 Å². The molecule has 0 saturated heterocycles. The molecular weight excluding hydrogens is 324 g/mol. The summed E-state index contributed by atoms with van der Waals surface area (Å²) in [6, 6.07) is 14.8. The molecule has 0 aliphatic carbocycles. The Bertz CT molecular complexity index is 777. The molecule has 0 aliphatic heterocycles. The second kappa shape index (κ2) is 7.32. The third-order valence-electron chi connectivity index (χ3n) is 4.09. The van der Waals surface area contributed by atoms with Crippen LogP contribution >= 0.6 is 0 Å². The van der Waals surface area contributed by atoms with E-state index in [4.69, 9.17) is 0 Å². The van der Waals surface area contributed by atoms with E-state index < -0.39 is 5.41 Å². The van der Waals surface area contributed by atoms with Gasteiger partial charge < -0.3 is 10.6 Å². The van der Waals surface area contributed by atoms with Crippen LogP contribution in [0.5, 0.6) is 0 Å². The van der Waals surface area contributed by atoms with E-state index in [0.29, 0.717) is 16.9 Å². The highest BCUT2D eigenvalue weighted by molar-refractivity contribution is 6.04. The number of anilines is 2. The standard InChI is InChI=1S/C22H28N2O2/c1-21(2,3)16-9-7-15(8-10-16)19(25)23-17-11-13-18(14-12-17)24-20(26)22(4,5)6/h7-14H,1-6H3,(H,23,25)(H,24,26). The van der Waals surface area contributed by atoms with Crippen molar-refractivity contribution in [2.24, 2.45) is 5.41 Å². The Balaban J connectivity index is 2.02. The van der Waals surface area contributed by atoms with Crippen LogP contribution in [0.25, 0.3) is 0 Å². The van der Waals surface area contributed by atoms with Gasteiger partial charge in [-0.25, -0.2) is 0 Å². The van der Waals surface area contributed by atoms with Crippen molar-refractivity contribution in [3.63, 3.8) is 0 Å². The molecular formula is C22H28N2O2. The fraction of sp³-hybridized carbons (Fsp3) is 0.364. The van der Waals surface area contributed by atoms with Crippen LogP contribution in [0.15, 0.2) is 48.5 Å². The maximum Gasteiger partial charge on any atom is 0.255 e. The van der Waals surface area contributed by atoms with Crippen LogP contribution in [0.3, 0.4) is 0 Å². The summed E-state index contributed by atoms with van der Waals surface area (Å²) in [6.07, 6.45) is 0. The van der Waals surface area contributed by atoms with Gasteiger partial charge in [0.05, 0.1) is 0 Å². The summed E-state index contributed by atoms with van der Waals surface area (Å²) in [5.74, 6) is -0.204. The molecule has 4 heteroatoms. The lowest BCUT2D eigenvalue weighted by atomic mass is 9.87. The number of nitrogens with one attached hydrogen (secondary N) is 2. The van der Waals surface area contributed by atoms with Crippen LogP contribution in [0, 0.1) is 5.41 Å². The summed E-state index contributed by atoms with van der Waals surface area (Å²) in [4.78, 5) is 24.4. The van der Waals surface area contributed by atoms with Gasteiger partial charge in [0.2, 0.25) is 5.91 Å². The number of rotatable bonds is 3. The minimum Gasteiger partial charge on any atom is -0.326 e. The van der Waals surface area contributed by atoms with Gasteiger partial charge >= 0.3 is 0 Å². The van der Waals surface area contributed by atoms with E-state index in [-0.39, 0.29) is 17.2 Å². The normalized spacial score (nSPS) is 11.8. The molecule has 0 unspecified atom stereocenters. The lowest BCUT2D eigenvalue weighted by Crippen LogP contribution is -2.27. The molecule has 2 rings (SSSR count). The Kier molecular flexibility index (Phi) is 5.55. The molecule has 0 saturated carbocycles. The fourth-order valence-corrected chi connectivity index (χ4v) is 2.28. The predicted octanol–water partition coefficient (Wildman–Crippen LogP) is 5.22. The third-order valence-corrected chi connectivity index (χ3v) is 4.09. The maximum absolute atomic E-state index is 12.4. The largest absolute Gasteiger partial charge is 0.326 e. The highest BCUT2D eigenvalue weighted by Crippen LogP contribution is 2.23. The zero-order chi connectivity index (χ0) is 19.5. The molecule has 2 N–H and O–H groups in total. The van der Waals surface area contributed by atoms with Gasteiger partial charge in [-0.2, -0.15) is 0 Å². The molecule has 0 fully saturated rings. The number of amides is 2. The molecule has 26 heavy (non-hydrogen) atoms. The third kappa shape index (κ3) is 5.19. The van der Waals surface area contributed by atoms with Gasteiger partial charge in [-0.15, -0.1) is 0 Å². The maximum atomic E-state index is 12.4. The van der Waals surface area contributed by atoms with Crippen LogP contribution in [0.4, 0.5) is 11.4 Å². The van der Waals surface area contributed by atoms with Crippen LogP contribution in [0.2, 0.25) is 0 Å². The average molecular weight is 352 g/mol. The Labute approximate surface area is 156 Å². The molecule has 2 aromatic rings. The second-order valence-electron chi connectivity index (χ2n) is 8.56. The number of benzene rings is 2. The molecule has 4 nitrogen and oxygen atoms in total. The first kappa shape index (κ1) is 19.7. The summed E-state index contributed by atoms with van der Waals surface area (Å²) in [5.41, 5.74) is 2.80. The Morgan fingerprint density at radius 2 is 1.15 bits per heavy atom. The van der Waals surface area contributed by atoms with Crippen LogP contribution in [-0.4, -0.2) is 11.8 Å². The summed E-state index contributed by atoms with van der Waals surface area (Å²) >= 11 is 0. The van der Waals surface area contributed by atoms with Crippen LogP contribution in [0.1, 0.15) is 57.5 Å². The van der Waals surface area contributed by atoms with Crippen molar-refractivity contribution < 1.29 is 9.59 Å². The Hall–Kier alpha value is -2.62. The van der Waals surface area contributed by atoms with E-state index >= 15 is 0 Å². The smallest absolute Gasteiger partial charge is 0.255 e. The molecule has 0 heterocycles. The molecule has 2 amide bonds. The van der Waals surface area contributed by atoms with Crippen molar-refractivity contribution in [2.75, 3.05) is 10.6 Å². The van der Waals surface area contributed by atoms with Crippen molar-refractivity contribution >= 4 is 23.2 Å². The van der Waals surface area contributed by atoms with Gasteiger partial charge in [0.25, 0.3) is 5.91 Å². The minimum absolute atomic E-state index is 0.0479. The van der Waals surface area contributed by atoms with E-state index in [2.05, 4.69) is 31.4 Å². The quantitative estimate of drug-likeness (QED) is 0.795. The van der Waals surface area contributed by atoms with Gasteiger partial charge in [-0.05, 0) is 47.4 Å². The number of carbonyl (C=O) groups is 2. The van der Waals surface area contributed by atoms with E-state index in [9.17, 15) is 9.59 Å². The van der Waals surface area contributed by atoms with Gasteiger partial charge in [0, 0.05) is 22.4 Å². The fourth-order valence-electron chi connectivity index (χ4n) is 2.28. The summed E-state index contributed by atoms with van der Waals surface area (Å²) in [6.45, 7) is 12.0. The van der Waals surface area contributed by atoms with Gasteiger partial charge in [0.15, 0.2) is 0 Å². The predicted molar refractivity (Wildman–Crippen MR) is 108 cm³/mol. The molecule has 0 aliphatic rings. The Morgan fingerprint density at radius 3 is 1.58 bits per heavy atom. The van der Waals surface area contributed by atoms with E-state index in [1.54, 1.807) is 24.3 Å². The summed E-state index contributed by atoms with van der Waals surface area (Å²) in [7, 11) is 0. The molecule has 0 bridgehead atoms. The molecule has 0 atom stereocenters. The van der Waals surface area contributed by atoms with Crippen molar-refractivity contribution in [2.45, 2.75) is 47.0 Å². The molecule has 0 radical (unpaired) electrons. The van der Waals surface area contributed by atoms with E-state index in [1.165, 1.54) is 5.56 Å². The second-order valence-corrected chi connectivity index (χ2v) is 8.56. The molecule has 2 aromatic carbocycles. The average Bonchev–Trinajstić information content (AvgIpc) is 2.55. The highest BCUT2D eigenvalue weighted by atomic mass is 16.2. The summed E-state index contributed by atoms with van der Waals surface area (Å²) in [5, 5.41) is 5.74. The lowest BCUT2D eigenvalue weighted by molar-refractivity contribution is -0.123. The molecule has 138 valence electrons. The van der Waals surface area contributed by atoms with Gasteiger partial charge in [-0.1, -0.05) is 53.7 Å². The summed E-state index contributed by atoms with van der Waals surface area (Å²) < 4.78 is 0. The molecule has 0 spiro atoms. The number of carbonyl (C=O) groups excluding carboxylic acids is 2. The first-order valence-corrected chi connectivity index (χ1v) is 8.80. The van der Waals surface area contributed by atoms with Crippen molar-refractivity contribution in [3.05, 3.63) is 59.7 Å². The van der Waals surface area contributed by atoms with Crippen LogP contribution in [-0.2, 0) is 10.2 Å². The zero-order valence-electron chi connectivity index (χ0n) is 16.4. The highest BCUT2D eigenvalue weighted by Gasteiger charge is 2.21. The van der Waals surface area contributed by atoms with E-state index in [0.717, 1.165) is 0 Å². The Morgan fingerprint density at radius 1 is 0.692 bits per heavy atom. The van der Waals surface area contributed by atoms with Crippen molar-refractivity contribution in [1.29, 1.82) is 0 Å². The molecule has 0 aromatic heterocycles. The zero-order valence-corrected chi connectivity index (χ0v) is 16.4. The lowest BCUT2D eigenvalue weighted by Gasteiger charge is -2.19. The SMILES string of the molecule is CC(C)(C)C(=O)Nc1ccc(NC(=O)c2ccc(C(C)(C)C)cc2)cc1. The first-order valence-electron chi connectivity index (χ1n) is 8.80. The van der Waals surface area contributed by atoms with Crippen LogP contribution < -0.4 is 10.6 Å². The van der Waals surface area contributed by atoms with Crippen molar-refractivity contribution in [3.8, 4) is 0 Å². The minimum atomic E-state index is -0.452. The van der Waals surface area contributed by atoms with Crippen molar-refractivity contribution in [1.82, 2.24) is 0 Å². The van der Waals surface area contributed by atoms with E-state index in [1.807, 2.05) is 45.0 Å². The van der Waals surface area contributed by atoms with Gasteiger partial charge in [0.1, 0.15) is 0 Å². The first-order chi connectivity index (χ1) is 12.0. The monoisotopic (exact) mass is 352 g/mol. The number of hydrogen-bond acceptors (Lipinski definition) is 2. The van der Waals surface area contributed by atoms with Gasteiger partial charge in [-0.3, -0.25) is 9.59 Å². The number of hydrogen-bond donors (Lipinski definition) is 2.